The predicted molar refractivity (Wildman–Crippen MR) is 77.5 cm³/mol. The van der Waals surface area contributed by atoms with Crippen LogP contribution in [0.2, 0.25) is 0 Å². The number of amides is 1. The van der Waals surface area contributed by atoms with Crippen molar-refractivity contribution in [1.29, 1.82) is 0 Å². The molecule has 2 rings (SSSR count). The molecule has 0 aliphatic carbocycles. The molecule has 1 heterocycles. The van der Waals surface area contributed by atoms with Gasteiger partial charge in [-0.25, -0.2) is 14.8 Å². The Morgan fingerprint density at radius 2 is 1.86 bits per heavy atom. The van der Waals surface area contributed by atoms with Gasteiger partial charge < -0.3 is 10.4 Å². The fraction of sp³-hybridized carbons (Fsp3) is 0.200. The van der Waals surface area contributed by atoms with Crippen molar-refractivity contribution in [2.45, 2.75) is 20.3 Å². The van der Waals surface area contributed by atoms with E-state index in [4.69, 9.17) is 5.11 Å². The zero-order valence-corrected chi connectivity index (χ0v) is 11.8. The third-order valence-electron chi connectivity index (χ3n) is 3.09. The summed E-state index contributed by atoms with van der Waals surface area (Å²) in [5, 5.41) is 11.8. The van der Waals surface area contributed by atoms with E-state index in [1.54, 1.807) is 0 Å². The highest BCUT2D eigenvalue weighted by atomic mass is 16.4. The molecule has 0 aliphatic heterocycles. The largest absolute Gasteiger partial charge is 0.476 e. The van der Waals surface area contributed by atoms with Crippen LogP contribution in [-0.4, -0.2) is 27.0 Å². The standard InChI is InChI=1S/C15H15N3O3/c1-3-10-6-4-5-9(2)11(10)18-14(19)12-13(15(20)21)17-8-7-16-12/h4-8H,3H2,1-2H3,(H,18,19)(H,20,21). The van der Waals surface area contributed by atoms with E-state index in [2.05, 4.69) is 15.3 Å². The molecule has 0 saturated carbocycles. The highest BCUT2D eigenvalue weighted by molar-refractivity contribution is 6.09. The van der Waals surface area contributed by atoms with Crippen LogP contribution in [0.4, 0.5) is 5.69 Å². The molecule has 108 valence electrons. The highest BCUT2D eigenvalue weighted by Crippen LogP contribution is 2.21. The zero-order chi connectivity index (χ0) is 15.4. The number of hydrogen-bond donors (Lipinski definition) is 2. The number of aromatic nitrogens is 2. The Labute approximate surface area is 121 Å². The molecule has 2 aromatic rings. The number of benzene rings is 1. The van der Waals surface area contributed by atoms with Crippen LogP contribution in [0.5, 0.6) is 0 Å². The second-order valence-electron chi connectivity index (χ2n) is 4.48. The summed E-state index contributed by atoms with van der Waals surface area (Å²) < 4.78 is 0. The maximum Gasteiger partial charge on any atom is 0.356 e. The topological polar surface area (TPSA) is 92.2 Å². The first-order valence-corrected chi connectivity index (χ1v) is 6.48. The van der Waals surface area contributed by atoms with Gasteiger partial charge in [-0.15, -0.1) is 0 Å². The molecule has 0 unspecified atom stereocenters. The maximum absolute atomic E-state index is 12.3. The van der Waals surface area contributed by atoms with Crippen LogP contribution in [0, 0.1) is 6.92 Å². The molecule has 6 nitrogen and oxygen atoms in total. The molecule has 1 aromatic carbocycles. The molecule has 1 amide bonds. The SMILES string of the molecule is CCc1cccc(C)c1NC(=O)c1nccnc1C(=O)O. The smallest absolute Gasteiger partial charge is 0.356 e. The van der Waals surface area contributed by atoms with Crippen molar-refractivity contribution in [1.82, 2.24) is 9.97 Å². The number of anilines is 1. The van der Waals surface area contributed by atoms with Gasteiger partial charge >= 0.3 is 5.97 Å². The molecule has 0 fully saturated rings. The summed E-state index contributed by atoms with van der Waals surface area (Å²) in [6.45, 7) is 3.86. The van der Waals surface area contributed by atoms with Crippen molar-refractivity contribution in [2.75, 3.05) is 5.32 Å². The van der Waals surface area contributed by atoms with Crippen LogP contribution in [-0.2, 0) is 6.42 Å². The number of hydrogen-bond acceptors (Lipinski definition) is 4. The Morgan fingerprint density at radius 3 is 2.48 bits per heavy atom. The number of aryl methyl sites for hydroxylation is 2. The second kappa shape index (κ2) is 6.13. The van der Waals surface area contributed by atoms with Crippen LogP contribution >= 0.6 is 0 Å². The van der Waals surface area contributed by atoms with Crippen LogP contribution in [0.1, 0.15) is 39.0 Å². The van der Waals surface area contributed by atoms with Gasteiger partial charge in [-0.2, -0.15) is 0 Å². The summed E-state index contributed by atoms with van der Waals surface area (Å²) in [7, 11) is 0. The van der Waals surface area contributed by atoms with Gasteiger partial charge in [0.1, 0.15) is 0 Å². The summed E-state index contributed by atoms with van der Waals surface area (Å²) in [4.78, 5) is 30.9. The van der Waals surface area contributed by atoms with Crippen molar-refractivity contribution >= 4 is 17.6 Å². The molecular formula is C15H15N3O3. The van der Waals surface area contributed by atoms with Crippen molar-refractivity contribution in [2.24, 2.45) is 0 Å². The van der Waals surface area contributed by atoms with Crippen molar-refractivity contribution in [3.63, 3.8) is 0 Å². The summed E-state index contributed by atoms with van der Waals surface area (Å²) in [5.74, 6) is -1.86. The molecule has 0 atom stereocenters. The molecule has 1 aromatic heterocycles. The molecule has 0 bridgehead atoms. The van der Waals surface area contributed by atoms with Gasteiger partial charge in [0.05, 0.1) is 0 Å². The predicted octanol–water partition coefficient (Wildman–Crippen LogP) is 2.30. The fourth-order valence-electron chi connectivity index (χ4n) is 2.04. The Bertz CT molecular complexity index is 698. The summed E-state index contributed by atoms with van der Waals surface area (Å²) in [6.07, 6.45) is 3.29. The molecule has 0 spiro atoms. The Balaban J connectivity index is 2.38. The maximum atomic E-state index is 12.3. The van der Waals surface area contributed by atoms with E-state index in [9.17, 15) is 9.59 Å². The quantitative estimate of drug-likeness (QED) is 0.899. The van der Waals surface area contributed by atoms with Crippen molar-refractivity contribution in [3.8, 4) is 0 Å². The Kier molecular flexibility index (Phi) is 4.27. The molecule has 0 aliphatic rings. The van der Waals surface area contributed by atoms with Gasteiger partial charge in [0, 0.05) is 18.1 Å². The van der Waals surface area contributed by atoms with Crippen LogP contribution in [0.25, 0.3) is 0 Å². The third-order valence-corrected chi connectivity index (χ3v) is 3.09. The van der Waals surface area contributed by atoms with Gasteiger partial charge in [0.25, 0.3) is 5.91 Å². The minimum Gasteiger partial charge on any atom is -0.476 e. The highest BCUT2D eigenvalue weighted by Gasteiger charge is 2.20. The second-order valence-corrected chi connectivity index (χ2v) is 4.48. The van der Waals surface area contributed by atoms with E-state index in [0.717, 1.165) is 17.5 Å². The monoisotopic (exact) mass is 285 g/mol. The van der Waals surface area contributed by atoms with Gasteiger partial charge in [-0.3, -0.25) is 4.79 Å². The molecular weight excluding hydrogens is 270 g/mol. The van der Waals surface area contributed by atoms with Crippen LogP contribution < -0.4 is 5.32 Å². The average Bonchev–Trinajstić information content (AvgIpc) is 2.49. The minimum atomic E-state index is -1.28. The van der Waals surface area contributed by atoms with E-state index in [-0.39, 0.29) is 11.4 Å². The lowest BCUT2D eigenvalue weighted by atomic mass is 10.1. The lowest BCUT2D eigenvalue weighted by molar-refractivity contribution is 0.0685. The normalized spacial score (nSPS) is 10.2. The number of carbonyl (C=O) groups is 2. The minimum absolute atomic E-state index is 0.199. The first-order chi connectivity index (χ1) is 10.0. The van der Waals surface area contributed by atoms with Crippen molar-refractivity contribution in [3.05, 3.63) is 53.1 Å². The van der Waals surface area contributed by atoms with E-state index < -0.39 is 11.9 Å². The number of rotatable bonds is 4. The number of carboxylic acid groups (broad SMARTS) is 1. The zero-order valence-electron chi connectivity index (χ0n) is 11.8. The Hall–Kier alpha value is -2.76. The summed E-state index contributed by atoms with van der Waals surface area (Å²) in [6, 6.07) is 5.70. The number of nitrogens with one attached hydrogen (secondary N) is 1. The number of aromatic carboxylic acids is 1. The van der Waals surface area contributed by atoms with Crippen molar-refractivity contribution < 1.29 is 14.7 Å². The Morgan fingerprint density at radius 1 is 1.19 bits per heavy atom. The molecule has 0 radical (unpaired) electrons. The first kappa shape index (κ1) is 14.6. The number of para-hydroxylation sites is 1. The fourth-order valence-corrected chi connectivity index (χ4v) is 2.04. The van der Waals surface area contributed by atoms with Gasteiger partial charge in [0.2, 0.25) is 0 Å². The van der Waals surface area contributed by atoms with E-state index >= 15 is 0 Å². The average molecular weight is 285 g/mol. The molecule has 6 heteroatoms. The van der Waals surface area contributed by atoms with Crippen LogP contribution in [0.15, 0.2) is 30.6 Å². The molecule has 21 heavy (non-hydrogen) atoms. The summed E-state index contributed by atoms with van der Waals surface area (Å²) in [5.41, 5.74) is 2.01. The van der Waals surface area contributed by atoms with Crippen LogP contribution in [0.3, 0.4) is 0 Å². The van der Waals surface area contributed by atoms with Gasteiger partial charge in [0.15, 0.2) is 11.4 Å². The molecule has 2 N–H and O–H groups in total. The number of nitrogens with zero attached hydrogens (tertiary/aromatic N) is 2. The van der Waals surface area contributed by atoms with E-state index in [1.165, 1.54) is 12.4 Å². The third kappa shape index (κ3) is 3.05. The lowest BCUT2D eigenvalue weighted by Gasteiger charge is -2.13. The first-order valence-electron chi connectivity index (χ1n) is 6.48. The lowest BCUT2D eigenvalue weighted by Crippen LogP contribution is -2.20. The van der Waals surface area contributed by atoms with E-state index in [0.29, 0.717) is 5.69 Å². The van der Waals surface area contributed by atoms with Gasteiger partial charge in [-0.1, -0.05) is 25.1 Å². The summed E-state index contributed by atoms with van der Waals surface area (Å²) >= 11 is 0. The molecule has 0 saturated heterocycles. The number of carbonyl (C=O) groups excluding carboxylic acids is 1. The van der Waals surface area contributed by atoms with Gasteiger partial charge in [-0.05, 0) is 24.5 Å². The number of carboxylic acids is 1. The van der Waals surface area contributed by atoms with E-state index in [1.807, 2.05) is 32.0 Å².